The molecule has 7 heteroatoms. The van der Waals surface area contributed by atoms with Crippen molar-refractivity contribution in [1.82, 2.24) is 4.90 Å². The van der Waals surface area contributed by atoms with E-state index in [-0.39, 0.29) is 17.6 Å². The molecule has 1 fully saturated rings. The van der Waals surface area contributed by atoms with E-state index in [2.05, 4.69) is 10.1 Å². The molecule has 1 heterocycles. The second-order valence-corrected chi connectivity index (χ2v) is 7.93. The van der Waals surface area contributed by atoms with Gasteiger partial charge in [0.25, 0.3) is 5.91 Å². The number of anilines is 1. The van der Waals surface area contributed by atoms with E-state index in [4.69, 9.17) is 0 Å². The van der Waals surface area contributed by atoms with Gasteiger partial charge in [0, 0.05) is 42.7 Å². The molecule has 4 rings (SSSR count). The standard InChI is InChI=1S/C26H24F2N2O3/c27-26(28)33-23-13-12-22(16-21(23)15-18-5-2-1-3-6-18)29-25(32)20-10-8-19(9-11-20)17-30-14-4-7-24(30)31/h1-3,5-6,8-13,16,26H,4,7,14-15,17H2,(H,29,32). The number of nitrogens with one attached hydrogen (secondary N) is 1. The van der Waals surface area contributed by atoms with E-state index in [1.807, 2.05) is 47.4 Å². The van der Waals surface area contributed by atoms with Gasteiger partial charge in [-0.3, -0.25) is 9.59 Å². The first-order valence-electron chi connectivity index (χ1n) is 10.8. The monoisotopic (exact) mass is 450 g/mol. The Morgan fingerprint density at radius 1 is 1.00 bits per heavy atom. The number of benzene rings is 3. The van der Waals surface area contributed by atoms with Crippen molar-refractivity contribution < 1.29 is 23.1 Å². The Morgan fingerprint density at radius 3 is 2.42 bits per heavy atom. The Morgan fingerprint density at radius 2 is 1.76 bits per heavy atom. The number of likely N-dealkylation sites (tertiary alicyclic amines) is 1. The molecular weight excluding hydrogens is 426 g/mol. The smallest absolute Gasteiger partial charge is 0.387 e. The Balaban J connectivity index is 1.46. The number of carbonyl (C=O) groups excluding carboxylic acids is 2. The van der Waals surface area contributed by atoms with Gasteiger partial charge in [-0.15, -0.1) is 0 Å². The molecule has 0 unspecified atom stereocenters. The third-order valence-corrected chi connectivity index (χ3v) is 5.53. The highest BCUT2D eigenvalue weighted by Crippen LogP contribution is 2.27. The fourth-order valence-corrected chi connectivity index (χ4v) is 3.88. The van der Waals surface area contributed by atoms with Gasteiger partial charge >= 0.3 is 6.61 Å². The van der Waals surface area contributed by atoms with E-state index in [1.54, 1.807) is 18.2 Å². The van der Waals surface area contributed by atoms with Crippen LogP contribution in [0.3, 0.4) is 0 Å². The van der Waals surface area contributed by atoms with Crippen LogP contribution in [0.1, 0.15) is 39.9 Å². The number of ether oxygens (including phenoxy) is 1. The van der Waals surface area contributed by atoms with Gasteiger partial charge in [0.1, 0.15) is 5.75 Å². The third kappa shape index (κ3) is 5.94. The predicted octanol–water partition coefficient (Wildman–Crippen LogP) is 5.25. The Kier molecular flexibility index (Phi) is 6.98. The first-order chi connectivity index (χ1) is 16.0. The van der Waals surface area contributed by atoms with Crippen LogP contribution in [0.25, 0.3) is 0 Å². The molecule has 170 valence electrons. The molecule has 0 aromatic heterocycles. The number of carbonyl (C=O) groups is 2. The summed E-state index contributed by atoms with van der Waals surface area (Å²) in [6, 6.07) is 21.1. The molecule has 1 aliphatic heterocycles. The summed E-state index contributed by atoms with van der Waals surface area (Å²) >= 11 is 0. The molecule has 0 radical (unpaired) electrons. The van der Waals surface area contributed by atoms with Gasteiger partial charge in [-0.25, -0.2) is 0 Å². The van der Waals surface area contributed by atoms with Crippen molar-refractivity contribution in [2.45, 2.75) is 32.4 Å². The maximum absolute atomic E-state index is 12.8. The fraction of sp³-hybridized carbons (Fsp3) is 0.231. The maximum atomic E-state index is 12.8. The van der Waals surface area contributed by atoms with E-state index < -0.39 is 6.61 Å². The average molecular weight is 450 g/mol. The van der Waals surface area contributed by atoms with Crippen LogP contribution in [-0.2, 0) is 17.8 Å². The highest BCUT2D eigenvalue weighted by atomic mass is 19.3. The lowest BCUT2D eigenvalue weighted by Crippen LogP contribution is -2.23. The lowest BCUT2D eigenvalue weighted by Gasteiger charge is -2.16. The van der Waals surface area contributed by atoms with Crippen molar-refractivity contribution in [2.24, 2.45) is 0 Å². The van der Waals surface area contributed by atoms with Gasteiger partial charge in [0.05, 0.1) is 0 Å². The summed E-state index contributed by atoms with van der Waals surface area (Å²) in [5.41, 5.74) is 3.39. The van der Waals surface area contributed by atoms with Crippen LogP contribution in [0.15, 0.2) is 72.8 Å². The summed E-state index contributed by atoms with van der Waals surface area (Å²) in [5.74, 6) is -0.0814. The Labute approximate surface area is 191 Å². The first-order valence-corrected chi connectivity index (χ1v) is 10.8. The molecule has 0 aliphatic carbocycles. The van der Waals surface area contributed by atoms with E-state index in [1.165, 1.54) is 12.1 Å². The van der Waals surface area contributed by atoms with Crippen LogP contribution in [0.5, 0.6) is 5.75 Å². The normalized spacial score (nSPS) is 13.4. The maximum Gasteiger partial charge on any atom is 0.387 e. The minimum absolute atomic E-state index is 0.0765. The number of halogens is 2. The quantitative estimate of drug-likeness (QED) is 0.510. The number of hydrogen-bond donors (Lipinski definition) is 1. The summed E-state index contributed by atoms with van der Waals surface area (Å²) in [6.45, 7) is -1.64. The zero-order chi connectivity index (χ0) is 23.2. The summed E-state index contributed by atoms with van der Waals surface area (Å²) in [7, 11) is 0. The van der Waals surface area contributed by atoms with Crippen LogP contribution in [-0.4, -0.2) is 29.9 Å². The number of hydrogen-bond acceptors (Lipinski definition) is 3. The largest absolute Gasteiger partial charge is 0.435 e. The molecule has 33 heavy (non-hydrogen) atoms. The number of amides is 2. The molecule has 3 aromatic rings. The molecule has 1 aliphatic rings. The molecule has 2 amide bonds. The molecule has 0 spiro atoms. The molecule has 5 nitrogen and oxygen atoms in total. The molecule has 0 bridgehead atoms. The topological polar surface area (TPSA) is 58.6 Å². The Bertz CT molecular complexity index is 1120. The average Bonchev–Trinajstić information content (AvgIpc) is 3.20. The molecule has 1 saturated heterocycles. The molecule has 0 atom stereocenters. The fourth-order valence-electron chi connectivity index (χ4n) is 3.88. The van der Waals surface area contributed by atoms with Gasteiger partial charge < -0.3 is 15.0 Å². The highest BCUT2D eigenvalue weighted by molar-refractivity contribution is 6.04. The third-order valence-electron chi connectivity index (χ3n) is 5.53. The second-order valence-electron chi connectivity index (χ2n) is 7.93. The van der Waals surface area contributed by atoms with Gasteiger partial charge in [0.15, 0.2) is 0 Å². The first kappa shape index (κ1) is 22.5. The van der Waals surface area contributed by atoms with E-state index in [9.17, 15) is 18.4 Å². The van der Waals surface area contributed by atoms with Crippen molar-refractivity contribution in [3.63, 3.8) is 0 Å². The van der Waals surface area contributed by atoms with Gasteiger partial charge in [-0.1, -0.05) is 42.5 Å². The van der Waals surface area contributed by atoms with E-state index >= 15 is 0 Å². The number of alkyl halides is 2. The van der Waals surface area contributed by atoms with Gasteiger partial charge in [0.2, 0.25) is 5.91 Å². The minimum atomic E-state index is -2.94. The van der Waals surface area contributed by atoms with E-state index in [0.717, 1.165) is 24.1 Å². The number of nitrogens with zero attached hydrogens (tertiary/aromatic N) is 1. The summed E-state index contributed by atoms with van der Waals surface area (Å²) in [4.78, 5) is 26.3. The lowest BCUT2D eigenvalue weighted by atomic mass is 10.0. The summed E-state index contributed by atoms with van der Waals surface area (Å²) < 4.78 is 30.3. The minimum Gasteiger partial charge on any atom is -0.435 e. The van der Waals surface area contributed by atoms with Crippen molar-refractivity contribution >= 4 is 17.5 Å². The second kappa shape index (κ2) is 10.3. The summed E-state index contributed by atoms with van der Waals surface area (Å²) in [6.07, 6.45) is 1.86. The van der Waals surface area contributed by atoms with Crippen molar-refractivity contribution in [1.29, 1.82) is 0 Å². The van der Waals surface area contributed by atoms with E-state index in [0.29, 0.717) is 36.2 Å². The van der Waals surface area contributed by atoms with Crippen LogP contribution in [0.2, 0.25) is 0 Å². The van der Waals surface area contributed by atoms with Gasteiger partial charge in [-0.2, -0.15) is 8.78 Å². The van der Waals surface area contributed by atoms with Crippen LogP contribution < -0.4 is 10.1 Å². The zero-order valence-electron chi connectivity index (χ0n) is 18.0. The molecule has 3 aromatic carbocycles. The zero-order valence-corrected chi connectivity index (χ0v) is 18.0. The lowest BCUT2D eigenvalue weighted by molar-refractivity contribution is -0.128. The van der Waals surface area contributed by atoms with Gasteiger partial charge in [-0.05, 0) is 47.9 Å². The summed E-state index contributed by atoms with van der Waals surface area (Å²) in [5, 5.41) is 2.82. The molecule has 1 N–H and O–H groups in total. The van der Waals surface area contributed by atoms with Crippen molar-refractivity contribution in [3.8, 4) is 5.75 Å². The van der Waals surface area contributed by atoms with Crippen molar-refractivity contribution in [2.75, 3.05) is 11.9 Å². The van der Waals surface area contributed by atoms with Crippen LogP contribution >= 0.6 is 0 Å². The molecular formula is C26H24F2N2O3. The predicted molar refractivity (Wildman–Crippen MR) is 121 cm³/mol. The Hall–Kier alpha value is -3.74. The molecule has 0 saturated carbocycles. The number of rotatable bonds is 8. The SMILES string of the molecule is O=C(Nc1ccc(OC(F)F)c(Cc2ccccc2)c1)c1ccc(CN2CCCC2=O)cc1. The van der Waals surface area contributed by atoms with Crippen molar-refractivity contribution in [3.05, 3.63) is 95.1 Å². The van der Waals surface area contributed by atoms with Crippen LogP contribution in [0, 0.1) is 0 Å². The highest BCUT2D eigenvalue weighted by Gasteiger charge is 2.20. The van der Waals surface area contributed by atoms with Crippen LogP contribution in [0.4, 0.5) is 14.5 Å².